The van der Waals surface area contributed by atoms with Crippen molar-refractivity contribution in [3.8, 4) is 0 Å². The van der Waals surface area contributed by atoms with Gasteiger partial charge in [-0.1, -0.05) is 6.07 Å². The van der Waals surface area contributed by atoms with E-state index in [2.05, 4.69) is 4.98 Å². The molecule has 0 saturated heterocycles. The lowest BCUT2D eigenvalue weighted by molar-refractivity contribution is -0.136. The zero-order chi connectivity index (χ0) is 11.4. The van der Waals surface area contributed by atoms with E-state index in [1.807, 2.05) is 24.0 Å². The summed E-state index contributed by atoms with van der Waals surface area (Å²) >= 11 is 0. The van der Waals surface area contributed by atoms with Crippen LogP contribution in [0.5, 0.6) is 0 Å². The molecule has 2 rings (SSSR count). The van der Waals surface area contributed by atoms with E-state index in [0.29, 0.717) is 13.2 Å². The number of aromatic nitrogens is 1. The van der Waals surface area contributed by atoms with Gasteiger partial charge in [0.15, 0.2) is 0 Å². The summed E-state index contributed by atoms with van der Waals surface area (Å²) in [6.45, 7) is 4.07. The minimum absolute atomic E-state index is 0.0661. The Morgan fingerprint density at radius 1 is 1.62 bits per heavy atom. The summed E-state index contributed by atoms with van der Waals surface area (Å²) < 4.78 is 5.13. The molecule has 0 N–H and O–H groups in total. The van der Waals surface area contributed by atoms with Crippen molar-refractivity contribution in [2.45, 2.75) is 19.9 Å². The summed E-state index contributed by atoms with van der Waals surface area (Å²) in [5.74, 6) is 0.0661. The van der Waals surface area contributed by atoms with Crippen molar-refractivity contribution >= 4 is 5.91 Å². The van der Waals surface area contributed by atoms with Gasteiger partial charge in [-0.25, -0.2) is 0 Å². The highest BCUT2D eigenvalue weighted by atomic mass is 16.5. The number of carbonyl (C=O) groups excluding carboxylic acids is 1. The predicted molar refractivity (Wildman–Crippen MR) is 59.9 cm³/mol. The van der Waals surface area contributed by atoms with Gasteiger partial charge in [0.25, 0.3) is 0 Å². The third-order valence-electron chi connectivity index (χ3n) is 2.75. The zero-order valence-electron chi connectivity index (χ0n) is 9.48. The molecular weight excluding hydrogens is 204 g/mol. The number of carbonyl (C=O) groups is 1. The van der Waals surface area contributed by atoms with Gasteiger partial charge in [-0.2, -0.15) is 0 Å². The van der Waals surface area contributed by atoms with Gasteiger partial charge < -0.3 is 9.64 Å². The first-order chi connectivity index (χ1) is 7.81. The van der Waals surface area contributed by atoms with Gasteiger partial charge in [0.2, 0.25) is 5.91 Å². The highest BCUT2D eigenvalue weighted by Crippen LogP contribution is 2.16. The number of nitrogens with zero attached hydrogens (tertiary/aromatic N) is 2. The molecule has 0 radical (unpaired) electrons. The third-order valence-corrected chi connectivity index (χ3v) is 2.75. The Labute approximate surface area is 95.2 Å². The van der Waals surface area contributed by atoms with Crippen molar-refractivity contribution in [3.63, 3.8) is 0 Å². The Balaban J connectivity index is 1.99. The van der Waals surface area contributed by atoms with Gasteiger partial charge in [0.1, 0.15) is 6.61 Å². The van der Waals surface area contributed by atoms with Crippen LogP contribution in [-0.2, 0) is 22.5 Å². The fraction of sp³-hybridized carbons (Fsp3) is 0.500. The van der Waals surface area contributed by atoms with Crippen LogP contribution in [0.4, 0.5) is 0 Å². The molecule has 0 fully saturated rings. The maximum Gasteiger partial charge on any atom is 0.248 e. The normalized spacial score (nSPS) is 14.7. The lowest BCUT2D eigenvalue weighted by Gasteiger charge is -2.28. The zero-order valence-corrected chi connectivity index (χ0v) is 9.48. The molecule has 1 aromatic heterocycles. The van der Waals surface area contributed by atoms with Crippen LogP contribution in [0, 0.1) is 0 Å². The largest absolute Gasteiger partial charge is 0.372 e. The Morgan fingerprint density at radius 3 is 3.31 bits per heavy atom. The van der Waals surface area contributed by atoms with E-state index in [-0.39, 0.29) is 12.5 Å². The molecule has 0 bridgehead atoms. The number of hydrogen-bond acceptors (Lipinski definition) is 3. The highest BCUT2D eigenvalue weighted by Gasteiger charge is 2.20. The number of rotatable bonds is 3. The van der Waals surface area contributed by atoms with Crippen molar-refractivity contribution in [1.29, 1.82) is 0 Å². The quantitative estimate of drug-likeness (QED) is 0.763. The minimum atomic E-state index is 0.0661. The number of fused-ring (bicyclic) bond motifs is 1. The maximum atomic E-state index is 11.7. The first kappa shape index (κ1) is 11.1. The van der Waals surface area contributed by atoms with Gasteiger partial charge >= 0.3 is 0 Å². The second-order valence-corrected chi connectivity index (χ2v) is 3.81. The van der Waals surface area contributed by atoms with Crippen LogP contribution in [-0.4, -0.2) is 35.5 Å². The smallest absolute Gasteiger partial charge is 0.248 e. The molecule has 1 aromatic rings. The van der Waals surface area contributed by atoms with E-state index in [9.17, 15) is 4.79 Å². The average Bonchev–Trinajstić information content (AvgIpc) is 2.35. The number of pyridine rings is 1. The molecule has 0 saturated carbocycles. The summed E-state index contributed by atoms with van der Waals surface area (Å²) in [7, 11) is 0. The number of hydrogen-bond donors (Lipinski definition) is 0. The van der Waals surface area contributed by atoms with E-state index in [1.54, 1.807) is 6.20 Å². The molecule has 2 heterocycles. The molecule has 0 unspecified atom stereocenters. The average molecular weight is 220 g/mol. The summed E-state index contributed by atoms with van der Waals surface area (Å²) in [5, 5.41) is 0. The number of amides is 1. The molecule has 1 aliphatic heterocycles. The Morgan fingerprint density at radius 2 is 2.50 bits per heavy atom. The third kappa shape index (κ3) is 2.39. The second-order valence-electron chi connectivity index (χ2n) is 3.81. The van der Waals surface area contributed by atoms with Crippen LogP contribution in [0.2, 0.25) is 0 Å². The predicted octanol–water partition coefficient (Wildman–Crippen LogP) is 1.00. The van der Waals surface area contributed by atoms with Crippen molar-refractivity contribution in [3.05, 3.63) is 29.6 Å². The molecule has 4 nitrogen and oxygen atoms in total. The first-order valence-electron chi connectivity index (χ1n) is 5.59. The minimum Gasteiger partial charge on any atom is -0.372 e. The Bertz CT molecular complexity index is 379. The number of ether oxygens (including phenoxy) is 1. The maximum absolute atomic E-state index is 11.7. The van der Waals surface area contributed by atoms with Crippen LogP contribution in [0.25, 0.3) is 0 Å². The fourth-order valence-electron chi connectivity index (χ4n) is 1.86. The van der Waals surface area contributed by atoms with Crippen molar-refractivity contribution in [2.75, 3.05) is 19.8 Å². The van der Waals surface area contributed by atoms with E-state index >= 15 is 0 Å². The Hall–Kier alpha value is -1.42. The lowest BCUT2D eigenvalue weighted by Crippen LogP contribution is -2.38. The van der Waals surface area contributed by atoms with Gasteiger partial charge in [-0.15, -0.1) is 0 Å². The standard InChI is InChI=1S/C12H16N2O2/c1-2-16-9-12(15)14-7-5-11-10(8-14)4-3-6-13-11/h3-4,6H,2,5,7-9H2,1H3. The Kier molecular flexibility index (Phi) is 3.51. The molecule has 0 atom stereocenters. The fourth-order valence-corrected chi connectivity index (χ4v) is 1.86. The monoisotopic (exact) mass is 220 g/mol. The summed E-state index contributed by atoms with van der Waals surface area (Å²) in [6.07, 6.45) is 2.64. The van der Waals surface area contributed by atoms with Gasteiger partial charge in [0.05, 0.1) is 0 Å². The summed E-state index contributed by atoms with van der Waals surface area (Å²) in [4.78, 5) is 17.9. The lowest BCUT2D eigenvalue weighted by atomic mass is 10.1. The summed E-state index contributed by atoms with van der Waals surface area (Å²) in [5.41, 5.74) is 2.27. The molecular formula is C12H16N2O2. The van der Waals surface area contributed by atoms with E-state index in [1.165, 1.54) is 0 Å². The molecule has 0 spiro atoms. The molecule has 86 valence electrons. The second kappa shape index (κ2) is 5.07. The van der Waals surface area contributed by atoms with Crippen LogP contribution in [0.1, 0.15) is 18.2 Å². The SMILES string of the molecule is CCOCC(=O)N1CCc2ncccc2C1. The van der Waals surface area contributed by atoms with Crippen LogP contribution < -0.4 is 0 Å². The highest BCUT2D eigenvalue weighted by molar-refractivity contribution is 5.77. The molecule has 0 aromatic carbocycles. The summed E-state index contributed by atoms with van der Waals surface area (Å²) in [6, 6.07) is 3.94. The molecule has 1 aliphatic rings. The first-order valence-corrected chi connectivity index (χ1v) is 5.59. The molecule has 16 heavy (non-hydrogen) atoms. The van der Waals surface area contributed by atoms with Crippen LogP contribution in [0.15, 0.2) is 18.3 Å². The topological polar surface area (TPSA) is 42.4 Å². The molecule has 0 aliphatic carbocycles. The molecule has 4 heteroatoms. The van der Waals surface area contributed by atoms with E-state index in [0.717, 1.165) is 24.2 Å². The van der Waals surface area contributed by atoms with E-state index < -0.39 is 0 Å². The van der Waals surface area contributed by atoms with Crippen molar-refractivity contribution < 1.29 is 9.53 Å². The van der Waals surface area contributed by atoms with Gasteiger partial charge in [0, 0.05) is 38.0 Å². The molecule has 1 amide bonds. The van der Waals surface area contributed by atoms with Crippen LogP contribution >= 0.6 is 0 Å². The van der Waals surface area contributed by atoms with Crippen LogP contribution in [0.3, 0.4) is 0 Å². The van der Waals surface area contributed by atoms with Gasteiger partial charge in [-0.3, -0.25) is 9.78 Å². The van der Waals surface area contributed by atoms with Gasteiger partial charge in [-0.05, 0) is 18.6 Å². The van der Waals surface area contributed by atoms with Crippen molar-refractivity contribution in [2.24, 2.45) is 0 Å². The van der Waals surface area contributed by atoms with Crippen molar-refractivity contribution in [1.82, 2.24) is 9.88 Å². The van der Waals surface area contributed by atoms with E-state index in [4.69, 9.17) is 4.74 Å².